The predicted octanol–water partition coefficient (Wildman–Crippen LogP) is 4.36. The molecule has 2 rings (SSSR count). The Morgan fingerprint density at radius 1 is 0.955 bits per heavy atom. The number of fused-ring (bicyclic) bond motifs is 1. The number of rotatable bonds is 10. The minimum atomic E-state index is 0. The third-order valence-corrected chi connectivity index (χ3v) is 3.89. The van der Waals surface area contributed by atoms with Gasteiger partial charge in [-0.3, -0.25) is 4.68 Å². The summed E-state index contributed by atoms with van der Waals surface area (Å²) >= 11 is 0. The Kier molecular flexibility index (Phi) is 8.82. The van der Waals surface area contributed by atoms with Gasteiger partial charge in [0, 0.05) is 12.7 Å². The van der Waals surface area contributed by atoms with Crippen LogP contribution in [0.1, 0.15) is 64.7 Å². The van der Waals surface area contributed by atoms with Crippen LogP contribution >= 0.6 is 12.4 Å². The lowest BCUT2D eigenvalue weighted by molar-refractivity contribution is 0.519. The molecule has 0 aliphatic carbocycles. The highest BCUT2D eigenvalue weighted by molar-refractivity contribution is 5.85. The van der Waals surface area contributed by atoms with Crippen LogP contribution in [0.25, 0.3) is 11.0 Å². The number of anilines is 1. The molecule has 2 N–H and O–H groups in total. The third kappa shape index (κ3) is 5.79. The van der Waals surface area contributed by atoms with Gasteiger partial charge in [-0.1, -0.05) is 58.3 Å². The molecule has 0 radical (unpaired) electrons. The van der Waals surface area contributed by atoms with Gasteiger partial charge >= 0.3 is 0 Å². The van der Waals surface area contributed by atoms with Gasteiger partial charge in [-0.25, -0.2) is 9.97 Å². The molecule has 5 nitrogen and oxygen atoms in total. The number of halogens is 1. The molecule has 0 bridgehead atoms. The number of hydrogen-bond donors (Lipinski definition) is 1. The molecule has 0 fully saturated rings. The van der Waals surface area contributed by atoms with Gasteiger partial charge in [-0.2, -0.15) is 5.10 Å². The monoisotopic (exact) mass is 325 g/mol. The molecule has 0 unspecified atom stereocenters. The molecule has 2 heterocycles. The van der Waals surface area contributed by atoms with Crippen molar-refractivity contribution in [1.29, 1.82) is 0 Å². The van der Waals surface area contributed by atoms with Crippen molar-refractivity contribution in [1.82, 2.24) is 19.7 Å². The molecule has 2 aromatic rings. The molecule has 0 atom stereocenters. The number of nitrogens with two attached hydrogens (primary N) is 1. The van der Waals surface area contributed by atoms with Gasteiger partial charge in [-0.15, -0.1) is 12.4 Å². The van der Waals surface area contributed by atoms with Crippen LogP contribution < -0.4 is 5.73 Å². The largest absolute Gasteiger partial charge is 0.383 e. The third-order valence-electron chi connectivity index (χ3n) is 3.89. The summed E-state index contributed by atoms with van der Waals surface area (Å²) in [5.41, 5.74) is 6.50. The standard InChI is InChI=1S/C16H27N5.ClH/c1-2-3-4-5-6-7-8-9-10-11-21-12-14-15(17)18-13-19-16(14)20-21;/h12-13H,2-11H2,1H3,(H2,17,18,19,20);1H. The highest BCUT2D eigenvalue weighted by Gasteiger charge is 2.05. The normalized spacial score (nSPS) is 10.8. The van der Waals surface area contributed by atoms with Crippen LogP contribution in [-0.4, -0.2) is 19.7 Å². The summed E-state index contributed by atoms with van der Waals surface area (Å²) in [6.45, 7) is 3.20. The van der Waals surface area contributed by atoms with Gasteiger partial charge in [0.1, 0.15) is 12.1 Å². The maximum absolute atomic E-state index is 5.81. The molecule has 0 aliphatic heterocycles. The molecule has 22 heavy (non-hydrogen) atoms. The van der Waals surface area contributed by atoms with Crippen LogP contribution in [0.4, 0.5) is 5.82 Å². The summed E-state index contributed by atoms with van der Waals surface area (Å²) in [5.74, 6) is 0.512. The quantitative estimate of drug-likeness (QED) is 0.659. The van der Waals surface area contributed by atoms with Gasteiger partial charge in [0.15, 0.2) is 5.65 Å². The zero-order valence-corrected chi connectivity index (χ0v) is 14.3. The van der Waals surface area contributed by atoms with Gasteiger partial charge < -0.3 is 5.73 Å². The Morgan fingerprint density at radius 2 is 1.59 bits per heavy atom. The fourth-order valence-electron chi connectivity index (χ4n) is 2.60. The first-order valence-electron chi connectivity index (χ1n) is 8.25. The molecule has 0 spiro atoms. The van der Waals surface area contributed by atoms with Crippen LogP contribution in [0.2, 0.25) is 0 Å². The van der Waals surface area contributed by atoms with Crippen LogP contribution in [0.3, 0.4) is 0 Å². The van der Waals surface area contributed by atoms with Crippen molar-refractivity contribution in [2.75, 3.05) is 5.73 Å². The van der Waals surface area contributed by atoms with Crippen LogP contribution in [-0.2, 0) is 6.54 Å². The second-order valence-electron chi connectivity index (χ2n) is 5.72. The summed E-state index contributed by atoms with van der Waals surface area (Å²) in [4.78, 5) is 8.12. The molecule has 0 saturated heterocycles. The topological polar surface area (TPSA) is 69.6 Å². The summed E-state index contributed by atoms with van der Waals surface area (Å²) in [5, 5.41) is 5.28. The summed E-state index contributed by atoms with van der Waals surface area (Å²) in [6.07, 6.45) is 15.4. The lowest BCUT2D eigenvalue weighted by atomic mass is 10.1. The average molecular weight is 326 g/mol. The lowest BCUT2D eigenvalue weighted by Gasteiger charge is -2.02. The molecule has 124 valence electrons. The van der Waals surface area contributed by atoms with E-state index in [4.69, 9.17) is 5.73 Å². The lowest BCUT2D eigenvalue weighted by Crippen LogP contribution is -1.98. The van der Waals surface area contributed by atoms with Crippen LogP contribution in [0.5, 0.6) is 0 Å². The van der Waals surface area contributed by atoms with E-state index in [0.717, 1.165) is 18.4 Å². The Balaban J connectivity index is 0.00000242. The van der Waals surface area contributed by atoms with E-state index in [0.29, 0.717) is 11.5 Å². The second kappa shape index (κ2) is 10.4. The van der Waals surface area contributed by atoms with Crippen molar-refractivity contribution in [3.05, 3.63) is 12.5 Å². The summed E-state index contributed by atoms with van der Waals surface area (Å²) < 4.78 is 1.94. The van der Waals surface area contributed by atoms with Crippen molar-refractivity contribution in [3.8, 4) is 0 Å². The molecule has 6 heteroatoms. The molecule has 0 aromatic carbocycles. The number of nitrogen functional groups attached to an aromatic ring is 1. The molecule has 0 saturated carbocycles. The van der Waals surface area contributed by atoms with Gasteiger partial charge in [-0.05, 0) is 6.42 Å². The van der Waals surface area contributed by atoms with E-state index >= 15 is 0 Å². The summed E-state index contributed by atoms with van der Waals surface area (Å²) in [7, 11) is 0. The Bertz CT molecular complexity index is 540. The highest BCUT2D eigenvalue weighted by Crippen LogP contribution is 2.15. The number of nitrogens with zero attached hydrogens (tertiary/aromatic N) is 4. The van der Waals surface area contributed by atoms with Crippen molar-refractivity contribution in [3.63, 3.8) is 0 Å². The fourth-order valence-corrected chi connectivity index (χ4v) is 2.60. The number of aromatic nitrogens is 4. The first kappa shape index (κ1) is 18.7. The van der Waals surface area contributed by atoms with Gasteiger partial charge in [0.2, 0.25) is 0 Å². The number of aryl methyl sites for hydroxylation is 1. The maximum Gasteiger partial charge on any atom is 0.186 e. The molecular weight excluding hydrogens is 298 g/mol. The molecular formula is C16H28ClN5. The zero-order chi connectivity index (χ0) is 14.9. The van der Waals surface area contributed by atoms with E-state index in [1.165, 1.54) is 57.7 Å². The van der Waals surface area contributed by atoms with E-state index in [2.05, 4.69) is 22.0 Å². The van der Waals surface area contributed by atoms with Crippen molar-refractivity contribution in [2.24, 2.45) is 0 Å². The van der Waals surface area contributed by atoms with Gasteiger partial charge in [0.05, 0.1) is 5.39 Å². The zero-order valence-electron chi connectivity index (χ0n) is 13.5. The Hall–Kier alpha value is -1.36. The molecule has 0 aliphatic rings. The van der Waals surface area contributed by atoms with Crippen LogP contribution in [0.15, 0.2) is 12.5 Å². The first-order valence-corrected chi connectivity index (χ1v) is 8.25. The van der Waals surface area contributed by atoms with E-state index < -0.39 is 0 Å². The van der Waals surface area contributed by atoms with Crippen molar-refractivity contribution < 1.29 is 0 Å². The van der Waals surface area contributed by atoms with Gasteiger partial charge in [0.25, 0.3) is 0 Å². The first-order chi connectivity index (χ1) is 10.3. The smallest absolute Gasteiger partial charge is 0.186 e. The molecule has 0 amide bonds. The minimum Gasteiger partial charge on any atom is -0.383 e. The Morgan fingerprint density at radius 3 is 2.23 bits per heavy atom. The number of unbranched alkanes of at least 4 members (excludes halogenated alkanes) is 8. The minimum absolute atomic E-state index is 0. The van der Waals surface area contributed by atoms with E-state index in [-0.39, 0.29) is 12.4 Å². The number of hydrogen-bond acceptors (Lipinski definition) is 4. The highest BCUT2D eigenvalue weighted by atomic mass is 35.5. The van der Waals surface area contributed by atoms with E-state index in [1.807, 2.05) is 10.9 Å². The molecule has 2 aromatic heterocycles. The van der Waals surface area contributed by atoms with Crippen LogP contribution in [0, 0.1) is 0 Å². The predicted molar refractivity (Wildman–Crippen MR) is 94.2 cm³/mol. The second-order valence-corrected chi connectivity index (χ2v) is 5.72. The average Bonchev–Trinajstić information content (AvgIpc) is 2.90. The van der Waals surface area contributed by atoms with E-state index in [1.54, 1.807) is 0 Å². The Labute approximate surface area is 139 Å². The van der Waals surface area contributed by atoms with Crippen molar-refractivity contribution in [2.45, 2.75) is 71.3 Å². The van der Waals surface area contributed by atoms with Crippen molar-refractivity contribution >= 4 is 29.3 Å². The summed E-state index contributed by atoms with van der Waals surface area (Å²) in [6, 6.07) is 0. The van der Waals surface area contributed by atoms with E-state index in [9.17, 15) is 0 Å². The SMILES string of the molecule is CCCCCCCCCCCn1cc2c(N)ncnc2n1.Cl. The maximum atomic E-state index is 5.81. The fraction of sp³-hybridized carbons (Fsp3) is 0.688.